The number of para-hydroxylation sites is 1. The number of thiazole rings is 1. The number of nitrogens with one attached hydrogen (secondary N) is 1. The van der Waals surface area contributed by atoms with E-state index in [2.05, 4.69) is 29.6 Å². The van der Waals surface area contributed by atoms with Gasteiger partial charge in [0.2, 0.25) is 0 Å². The number of aromatic nitrogens is 3. The number of anilines is 1. The van der Waals surface area contributed by atoms with Gasteiger partial charge in [-0.15, -0.1) is 0 Å². The standard InChI is InChI=1S/C39H30FN5S/c1-27-24-31(22-23-34(27)40)35-32(26-45(44-35)33-20-12-5-13-21-33)25-41-37(29-16-8-3-9-17-29)43-39-36(28-14-6-2-7-15-28)42-38(46-39)30-18-10-4-11-19-30/h2-24,26H,25H2,1H3,(H,41,43). The van der Waals surface area contributed by atoms with Crippen LogP contribution in [0.25, 0.3) is 38.8 Å². The Kier molecular flexibility index (Phi) is 8.30. The molecule has 0 fully saturated rings. The number of aryl methyl sites for hydroxylation is 1. The Balaban J connectivity index is 1.31. The molecule has 7 rings (SSSR count). The van der Waals surface area contributed by atoms with Gasteiger partial charge in [0.15, 0.2) is 0 Å². The van der Waals surface area contributed by atoms with E-state index in [1.54, 1.807) is 24.3 Å². The Hall–Kier alpha value is -5.66. The molecule has 0 bridgehead atoms. The van der Waals surface area contributed by atoms with E-state index in [0.717, 1.165) is 60.7 Å². The molecule has 0 aliphatic carbocycles. The molecule has 7 aromatic rings. The second kappa shape index (κ2) is 13.1. The Morgan fingerprint density at radius 2 is 1.37 bits per heavy atom. The molecule has 0 aliphatic heterocycles. The smallest absolute Gasteiger partial charge is 0.133 e. The van der Waals surface area contributed by atoms with E-state index in [9.17, 15) is 4.39 Å². The lowest BCUT2D eigenvalue weighted by atomic mass is 10.1. The monoisotopic (exact) mass is 619 g/mol. The normalized spacial score (nSPS) is 11.5. The SMILES string of the molecule is Cc1cc(-c2nn(-c3ccccc3)cc2CN=C(Nc2sc(-c3ccccc3)nc2-c2ccccc2)c2ccccc2)ccc1F. The second-order valence-corrected chi connectivity index (χ2v) is 11.8. The molecule has 2 aromatic heterocycles. The highest BCUT2D eigenvalue weighted by atomic mass is 32.1. The van der Waals surface area contributed by atoms with E-state index >= 15 is 0 Å². The third-order valence-corrected chi connectivity index (χ3v) is 8.64. The predicted molar refractivity (Wildman–Crippen MR) is 187 cm³/mol. The van der Waals surface area contributed by atoms with Crippen LogP contribution in [0.4, 0.5) is 9.39 Å². The summed E-state index contributed by atoms with van der Waals surface area (Å²) in [6, 6.07) is 45.6. The molecule has 7 heteroatoms. The Bertz CT molecular complexity index is 2100. The molecule has 5 nitrogen and oxygen atoms in total. The Morgan fingerprint density at radius 1 is 0.739 bits per heavy atom. The van der Waals surface area contributed by atoms with E-state index < -0.39 is 0 Å². The van der Waals surface area contributed by atoms with Crippen molar-refractivity contribution >= 4 is 22.2 Å². The van der Waals surface area contributed by atoms with Crippen LogP contribution in [0.3, 0.4) is 0 Å². The maximum Gasteiger partial charge on any atom is 0.133 e. The molecule has 0 atom stereocenters. The summed E-state index contributed by atoms with van der Waals surface area (Å²) in [5.74, 6) is 0.477. The molecule has 46 heavy (non-hydrogen) atoms. The number of amidine groups is 1. The van der Waals surface area contributed by atoms with Gasteiger partial charge in [0, 0.05) is 34.0 Å². The van der Waals surface area contributed by atoms with Crippen molar-refractivity contribution in [2.45, 2.75) is 13.5 Å². The lowest BCUT2D eigenvalue weighted by molar-refractivity contribution is 0.618. The first kappa shape index (κ1) is 29.1. The second-order valence-electron chi connectivity index (χ2n) is 10.8. The maximum atomic E-state index is 14.2. The van der Waals surface area contributed by atoms with Crippen LogP contribution in [0.5, 0.6) is 0 Å². The number of aliphatic imine (C=N–C) groups is 1. The molecule has 0 aliphatic rings. The maximum absolute atomic E-state index is 14.2. The molecule has 5 aromatic carbocycles. The van der Waals surface area contributed by atoms with Gasteiger partial charge >= 0.3 is 0 Å². The molecule has 224 valence electrons. The van der Waals surface area contributed by atoms with Gasteiger partial charge in [-0.25, -0.2) is 14.1 Å². The lowest BCUT2D eigenvalue weighted by Gasteiger charge is -2.11. The van der Waals surface area contributed by atoms with Crippen molar-refractivity contribution in [2.75, 3.05) is 5.32 Å². The van der Waals surface area contributed by atoms with Crippen molar-refractivity contribution in [1.82, 2.24) is 14.8 Å². The van der Waals surface area contributed by atoms with Crippen LogP contribution in [0.15, 0.2) is 151 Å². The van der Waals surface area contributed by atoms with Gasteiger partial charge in [-0.2, -0.15) is 5.10 Å². The van der Waals surface area contributed by atoms with Gasteiger partial charge in [0.1, 0.15) is 27.4 Å². The highest BCUT2D eigenvalue weighted by Crippen LogP contribution is 2.38. The fourth-order valence-corrected chi connectivity index (χ4v) is 6.24. The molecule has 0 saturated carbocycles. The zero-order valence-electron chi connectivity index (χ0n) is 25.1. The molecular weight excluding hydrogens is 590 g/mol. The predicted octanol–water partition coefficient (Wildman–Crippen LogP) is 9.84. The minimum atomic E-state index is -0.241. The van der Waals surface area contributed by atoms with Crippen LogP contribution in [0.2, 0.25) is 0 Å². The molecule has 0 saturated heterocycles. The average Bonchev–Trinajstić information content (AvgIpc) is 3.74. The third-order valence-electron chi connectivity index (χ3n) is 7.62. The van der Waals surface area contributed by atoms with Gasteiger partial charge < -0.3 is 5.32 Å². The van der Waals surface area contributed by atoms with E-state index in [0.29, 0.717) is 12.1 Å². The minimum Gasteiger partial charge on any atom is -0.330 e. The first-order chi connectivity index (χ1) is 22.6. The fraction of sp³-hybridized carbons (Fsp3) is 0.0513. The minimum absolute atomic E-state index is 0.241. The first-order valence-corrected chi connectivity index (χ1v) is 15.8. The number of nitrogens with zero attached hydrogens (tertiary/aromatic N) is 4. The molecule has 2 heterocycles. The Labute approximate surface area is 271 Å². The fourth-order valence-electron chi connectivity index (χ4n) is 5.24. The number of benzene rings is 5. The summed E-state index contributed by atoms with van der Waals surface area (Å²) in [7, 11) is 0. The summed E-state index contributed by atoms with van der Waals surface area (Å²) in [4.78, 5) is 10.2. The summed E-state index contributed by atoms with van der Waals surface area (Å²) >= 11 is 1.60. The third kappa shape index (κ3) is 6.27. The number of hydrogen-bond acceptors (Lipinski definition) is 4. The number of halogens is 1. The summed E-state index contributed by atoms with van der Waals surface area (Å²) in [6.45, 7) is 2.12. The van der Waals surface area contributed by atoms with Crippen molar-refractivity contribution < 1.29 is 4.39 Å². The summed E-state index contributed by atoms with van der Waals surface area (Å²) in [5.41, 5.74) is 7.93. The first-order valence-electron chi connectivity index (χ1n) is 15.0. The molecular formula is C39H30FN5S. The van der Waals surface area contributed by atoms with Gasteiger partial charge in [0.05, 0.1) is 17.9 Å². The van der Waals surface area contributed by atoms with Crippen molar-refractivity contribution in [2.24, 2.45) is 4.99 Å². The van der Waals surface area contributed by atoms with Crippen LogP contribution in [0.1, 0.15) is 16.7 Å². The zero-order valence-corrected chi connectivity index (χ0v) is 26.0. The van der Waals surface area contributed by atoms with Crippen molar-refractivity contribution in [3.63, 3.8) is 0 Å². The Morgan fingerprint density at radius 3 is 2.04 bits per heavy atom. The van der Waals surface area contributed by atoms with Gasteiger partial charge in [0.25, 0.3) is 0 Å². The van der Waals surface area contributed by atoms with Crippen molar-refractivity contribution in [3.8, 4) is 38.8 Å². The van der Waals surface area contributed by atoms with Crippen LogP contribution < -0.4 is 5.32 Å². The lowest BCUT2D eigenvalue weighted by Crippen LogP contribution is -2.14. The molecule has 0 unspecified atom stereocenters. The quantitative estimate of drug-likeness (QED) is 0.136. The van der Waals surface area contributed by atoms with Crippen molar-refractivity contribution in [1.29, 1.82) is 0 Å². The van der Waals surface area contributed by atoms with Gasteiger partial charge in [-0.1, -0.05) is 121 Å². The van der Waals surface area contributed by atoms with E-state index in [4.69, 9.17) is 15.1 Å². The molecule has 0 radical (unpaired) electrons. The van der Waals surface area contributed by atoms with Gasteiger partial charge in [-0.3, -0.25) is 4.99 Å². The summed E-state index contributed by atoms with van der Waals surface area (Å²) in [6.07, 6.45) is 2.01. The highest BCUT2D eigenvalue weighted by molar-refractivity contribution is 7.19. The van der Waals surface area contributed by atoms with Crippen LogP contribution in [-0.2, 0) is 6.54 Å². The highest BCUT2D eigenvalue weighted by Gasteiger charge is 2.18. The largest absolute Gasteiger partial charge is 0.330 e. The zero-order chi connectivity index (χ0) is 31.3. The topological polar surface area (TPSA) is 55.1 Å². The van der Waals surface area contributed by atoms with Crippen molar-refractivity contribution in [3.05, 3.63) is 168 Å². The summed E-state index contributed by atoms with van der Waals surface area (Å²) < 4.78 is 16.1. The van der Waals surface area contributed by atoms with Crippen LogP contribution in [0, 0.1) is 12.7 Å². The number of rotatable bonds is 8. The molecule has 1 N–H and O–H groups in total. The van der Waals surface area contributed by atoms with E-state index in [1.807, 2.05) is 114 Å². The summed E-state index contributed by atoms with van der Waals surface area (Å²) in [5, 5.41) is 10.4. The molecule has 0 amide bonds. The van der Waals surface area contributed by atoms with Gasteiger partial charge in [-0.05, 0) is 42.8 Å². The van der Waals surface area contributed by atoms with E-state index in [-0.39, 0.29) is 5.82 Å². The molecule has 0 spiro atoms. The number of hydrogen-bond donors (Lipinski definition) is 1. The van der Waals surface area contributed by atoms with Crippen LogP contribution in [-0.4, -0.2) is 20.6 Å². The van der Waals surface area contributed by atoms with E-state index in [1.165, 1.54) is 6.07 Å². The van der Waals surface area contributed by atoms with Crippen LogP contribution >= 0.6 is 11.3 Å². The average molecular weight is 620 g/mol.